The van der Waals surface area contributed by atoms with Gasteiger partial charge in [-0.2, -0.15) is 0 Å². The summed E-state index contributed by atoms with van der Waals surface area (Å²) in [6.07, 6.45) is 45.4. The molecule has 6 heteroatoms. The summed E-state index contributed by atoms with van der Waals surface area (Å²) in [5.41, 5.74) is 0. The van der Waals surface area contributed by atoms with Gasteiger partial charge >= 0.3 is 11.9 Å². The molecular weight excluding hydrogens is 550 g/mol. The molecule has 0 aromatic carbocycles. The summed E-state index contributed by atoms with van der Waals surface area (Å²) in [7, 11) is 0. The van der Waals surface area contributed by atoms with Crippen LogP contribution in [0, 0.1) is 0 Å². The van der Waals surface area contributed by atoms with Crippen LogP contribution < -0.4 is 5.32 Å². The maximum absolute atomic E-state index is 12.5. The zero-order valence-corrected chi connectivity index (χ0v) is 27.2. The van der Waals surface area contributed by atoms with E-state index in [9.17, 15) is 14.4 Å². The SMILES string of the molecule is CC/C=C\C/C=C\C/C=C\C/C=C\CCC(=O)OC(/C=C\C/C=C\C/C=C\C/C=C\CC)CCCCCC(=O)NCC(=O)O. The number of unbranched alkanes of at least 4 members (excludes halogenated alkanes) is 2. The highest BCUT2D eigenvalue weighted by Gasteiger charge is 2.11. The molecule has 0 spiro atoms. The number of hydrogen-bond donors (Lipinski definition) is 2. The number of carbonyl (C=O) groups is 3. The van der Waals surface area contributed by atoms with Gasteiger partial charge in [0.2, 0.25) is 5.91 Å². The minimum atomic E-state index is -1.05. The standard InChI is InChI=1S/C38H57NO5/c1-3-5-7-9-11-13-15-16-18-20-22-24-29-33-38(43)44-35(31-27-25-28-32-36(40)39-34-37(41)42)30-26-23-21-19-17-14-12-10-8-6-4-2/h5-8,11-14,16,18-19,21-22,24,26,30,35H,3-4,9-10,15,17,20,23,25,27-29,31-34H2,1-2H3,(H,39,40)(H,41,42)/b7-5-,8-6-,13-11-,14-12-,18-16-,21-19-,24-22-,30-26-. The minimum absolute atomic E-state index is 0.215. The molecule has 0 aliphatic carbocycles. The van der Waals surface area contributed by atoms with E-state index in [0.717, 1.165) is 64.2 Å². The van der Waals surface area contributed by atoms with Crippen molar-refractivity contribution in [3.8, 4) is 0 Å². The van der Waals surface area contributed by atoms with Crippen LogP contribution in [0.2, 0.25) is 0 Å². The van der Waals surface area contributed by atoms with Crippen molar-refractivity contribution in [2.45, 2.75) is 116 Å². The van der Waals surface area contributed by atoms with Crippen LogP contribution in [0.5, 0.6) is 0 Å². The molecule has 0 heterocycles. The molecule has 0 radical (unpaired) electrons. The molecular formula is C38H57NO5. The van der Waals surface area contributed by atoms with E-state index in [0.29, 0.717) is 25.7 Å². The topological polar surface area (TPSA) is 92.7 Å². The van der Waals surface area contributed by atoms with Gasteiger partial charge in [-0.1, -0.05) is 111 Å². The number of carboxylic acids is 1. The van der Waals surface area contributed by atoms with Crippen molar-refractivity contribution < 1.29 is 24.2 Å². The van der Waals surface area contributed by atoms with E-state index >= 15 is 0 Å². The number of carboxylic acid groups (broad SMARTS) is 1. The van der Waals surface area contributed by atoms with Gasteiger partial charge in [-0.3, -0.25) is 14.4 Å². The monoisotopic (exact) mass is 607 g/mol. The van der Waals surface area contributed by atoms with Gasteiger partial charge in [0, 0.05) is 12.8 Å². The number of hydrogen-bond acceptors (Lipinski definition) is 4. The maximum Gasteiger partial charge on any atom is 0.322 e. The van der Waals surface area contributed by atoms with Crippen LogP contribution in [0.4, 0.5) is 0 Å². The Morgan fingerprint density at radius 3 is 1.59 bits per heavy atom. The Morgan fingerprint density at radius 1 is 0.614 bits per heavy atom. The van der Waals surface area contributed by atoms with Gasteiger partial charge in [-0.05, 0) is 83.1 Å². The van der Waals surface area contributed by atoms with Gasteiger partial charge in [0.1, 0.15) is 12.6 Å². The third kappa shape index (κ3) is 31.3. The highest BCUT2D eigenvalue weighted by Crippen LogP contribution is 2.12. The van der Waals surface area contributed by atoms with Crippen molar-refractivity contribution in [2.24, 2.45) is 0 Å². The van der Waals surface area contributed by atoms with Crippen molar-refractivity contribution in [3.63, 3.8) is 0 Å². The number of ether oxygens (including phenoxy) is 1. The smallest absolute Gasteiger partial charge is 0.322 e. The summed E-state index contributed by atoms with van der Waals surface area (Å²) in [5, 5.41) is 11.0. The Kier molecular flexibility index (Phi) is 29.6. The first-order chi connectivity index (χ1) is 21.5. The number of allylic oxidation sites excluding steroid dienone is 15. The number of nitrogens with one attached hydrogen (secondary N) is 1. The lowest BCUT2D eigenvalue weighted by Gasteiger charge is -2.14. The predicted octanol–water partition coefficient (Wildman–Crippen LogP) is 9.44. The summed E-state index contributed by atoms with van der Waals surface area (Å²) in [5.74, 6) is -1.53. The molecule has 1 amide bonds. The quantitative estimate of drug-likeness (QED) is 0.0551. The van der Waals surface area contributed by atoms with Gasteiger partial charge in [0.25, 0.3) is 0 Å². The van der Waals surface area contributed by atoms with Crippen molar-refractivity contribution in [3.05, 3.63) is 97.2 Å². The van der Waals surface area contributed by atoms with E-state index in [1.54, 1.807) is 0 Å². The molecule has 0 bridgehead atoms. The Bertz CT molecular complexity index is 981. The fourth-order valence-electron chi connectivity index (χ4n) is 3.91. The van der Waals surface area contributed by atoms with E-state index in [4.69, 9.17) is 9.84 Å². The average molecular weight is 608 g/mol. The number of aliphatic carboxylic acids is 1. The first-order valence-electron chi connectivity index (χ1n) is 16.4. The number of rotatable bonds is 27. The van der Waals surface area contributed by atoms with E-state index in [1.165, 1.54) is 0 Å². The van der Waals surface area contributed by atoms with Crippen LogP contribution in [-0.2, 0) is 19.1 Å². The molecule has 0 aliphatic rings. The van der Waals surface area contributed by atoms with Crippen LogP contribution >= 0.6 is 0 Å². The largest absolute Gasteiger partial charge is 0.480 e. The lowest BCUT2D eigenvalue weighted by molar-refractivity contribution is -0.147. The molecule has 0 aliphatic heterocycles. The van der Waals surface area contributed by atoms with E-state index in [2.05, 4.69) is 98.2 Å². The summed E-state index contributed by atoms with van der Waals surface area (Å²) in [6.45, 7) is 3.90. The maximum atomic E-state index is 12.5. The van der Waals surface area contributed by atoms with Crippen LogP contribution in [-0.4, -0.2) is 35.6 Å². The van der Waals surface area contributed by atoms with E-state index < -0.39 is 5.97 Å². The highest BCUT2D eigenvalue weighted by atomic mass is 16.5. The lowest BCUT2D eigenvalue weighted by atomic mass is 10.1. The van der Waals surface area contributed by atoms with Crippen LogP contribution in [0.25, 0.3) is 0 Å². The van der Waals surface area contributed by atoms with Crippen LogP contribution in [0.15, 0.2) is 97.2 Å². The Morgan fingerprint density at radius 2 is 1.09 bits per heavy atom. The van der Waals surface area contributed by atoms with Crippen molar-refractivity contribution in [2.75, 3.05) is 6.54 Å². The summed E-state index contributed by atoms with van der Waals surface area (Å²) in [6, 6.07) is 0. The van der Waals surface area contributed by atoms with E-state index in [1.807, 2.05) is 18.2 Å². The Hall–Kier alpha value is -3.67. The molecule has 0 aromatic heterocycles. The molecule has 0 rings (SSSR count). The second-order valence-electron chi connectivity index (χ2n) is 10.3. The first-order valence-corrected chi connectivity index (χ1v) is 16.4. The van der Waals surface area contributed by atoms with Crippen molar-refractivity contribution in [1.29, 1.82) is 0 Å². The summed E-state index contributed by atoms with van der Waals surface area (Å²) in [4.78, 5) is 34.8. The van der Waals surface area contributed by atoms with Gasteiger partial charge in [0.15, 0.2) is 0 Å². The second-order valence-corrected chi connectivity index (χ2v) is 10.3. The van der Waals surface area contributed by atoms with Gasteiger partial charge < -0.3 is 15.2 Å². The fraction of sp³-hybridized carbons (Fsp3) is 0.500. The predicted molar refractivity (Wildman–Crippen MR) is 184 cm³/mol. The molecule has 0 fully saturated rings. The third-order valence-electron chi connectivity index (χ3n) is 6.25. The number of carbonyl (C=O) groups excluding carboxylic acids is 2. The van der Waals surface area contributed by atoms with Crippen molar-refractivity contribution in [1.82, 2.24) is 5.32 Å². The third-order valence-corrected chi connectivity index (χ3v) is 6.25. The number of esters is 1. The number of amides is 1. The van der Waals surface area contributed by atoms with E-state index in [-0.39, 0.29) is 30.9 Å². The van der Waals surface area contributed by atoms with Gasteiger partial charge in [0.05, 0.1) is 0 Å². The van der Waals surface area contributed by atoms with Crippen molar-refractivity contribution >= 4 is 17.8 Å². The average Bonchev–Trinajstić information content (AvgIpc) is 3.00. The molecule has 6 nitrogen and oxygen atoms in total. The fourth-order valence-corrected chi connectivity index (χ4v) is 3.91. The molecule has 244 valence electrons. The van der Waals surface area contributed by atoms with Crippen LogP contribution in [0.3, 0.4) is 0 Å². The zero-order chi connectivity index (χ0) is 32.4. The molecule has 0 saturated carbocycles. The molecule has 0 aromatic rings. The molecule has 1 atom stereocenters. The normalized spacial score (nSPS) is 13.3. The highest BCUT2D eigenvalue weighted by molar-refractivity contribution is 5.80. The lowest BCUT2D eigenvalue weighted by Crippen LogP contribution is -2.28. The van der Waals surface area contributed by atoms with Gasteiger partial charge in [-0.25, -0.2) is 0 Å². The molecule has 1 unspecified atom stereocenters. The van der Waals surface area contributed by atoms with Gasteiger partial charge in [-0.15, -0.1) is 0 Å². The second kappa shape index (κ2) is 32.2. The zero-order valence-electron chi connectivity index (χ0n) is 27.2. The summed E-state index contributed by atoms with van der Waals surface area (Å²) >= 11 is 0. The molecule has 0 saturated heterocycles. The minimum Gasteiger partial charge on any atom is -0.480 e. The molecule has 2 N–H and O–H groups in total. The van der Waals surface area contributed by atoms with Crippen LogP contribution in [0.1, 0.15) is 110 Å². The Labute approximate surface area is 267 Å². The first kappa shape index (κ1) is 40.3. The summed E-state index contributed by atoms with van der Waals surface area (Å²) < 4.78 is 5.77. The molecule has 44 heavy (non-hydrogen) atoms. The Balaban J connectivity index is 4.54.